The van der Waals surface area contributed by atoms with Crippen LogP contribution in [0.3, 0.4) is 0 Å². The summed E-state index contributed by atoms with van der Waals surface area (Å²) in [6, 6.07) is 6.94. The molecule has 0 bridgehead atoms. The molecule has 0 saturated heterocycles. The molecule has 1 aromatic heterocycles. The summed E-state index contributed by atoms with van der Waals surface area (Å²) < 4.78 is 29.8. The number of nitrogens with one attached hydrogen (secondary N) is 3. The highest BCUT2D eigenvalue weighted by molar-refractivity contribution is 7.90. The first-order valence-corrected chi connectivity index (χ1v) is 13.1. The first-order chi connectivity index (χ1) is 15.6. The minimum absolute atomic E-state index is 0.0711. The molecule has 1 aliphatic carbocycles. The zero-order chi connectivity index (χ0) is 24.2. The average molecular weight is 477 g/mol. The largest absolute Gasteiger partial charge is 0.446 e. The van der Waals surface area contributed by atoms with E-state index in [4.69, 9.17) is 4.74 Å². The van der Waals surface area contributed by atoms with E-state index < -0.39 is 15.9 Å². The number of H-pyrrole nitrogens is 1. The number of hydrogen-bond donors (Lipinski definition) is 3. The van der Waals surface area contributed by atoms with Crippen molar-refractivity contribution in [3.8, 4) is 0 Å². The summed E-state index contributed by atoms with van der Waals surface area (Å²) in [6.45, 7) is 5.64. The Labute approximate surface area is 194 Å². The molecule has 9 nitrogen and oxygen atoms in total. The number of aryl methyl sites for hydroxylation is 1. The van der Waals surface area contributed by atoms with Crippen LogP contribution in [-0.2, 0) is 25.8 Å². The Kier molecular flexibility index (Phi) is 7.78. The van der Waals surface area contributed by atoms with Crippen LogP contribution >= 0.6 is 0 Å². The molecule has 180 valence electrons. The number of alkyl carbamates (subject to hydrolysis) is 1. The lowest BCUT2D eigenvalue weighted by Gasteiger charge is -2.16. The maximum Gasteiger partial charge on any atom is 0.407 e. The molecule has 2 amide bonds. The number of amides is 2. The van der Waals surface area contributed by atoms with E-state index in [-0.39, 0.29) is 35.3 Å². The number of hydrogen-bond acceptors (Lipinski definition) is 6. The average Bonchev–Trinajstić information content (AvgIpc) is 3.36. The second-order valence-corrected chi connectivity index (χ2v) is 10.7. The van der Waals surface area contributed by atoms with Crippen LogP contribution in [0.15, 0.2) is 29.2 Å². The Morgan fingerprint density at radius 3 is 2.76 bits per heavy atom. The predicted octanol–water partition coefficient (Wildman–Crippen LogP) is 3.46. The van der Waals surface area contributed by atoms with Crippen LogP contribution in [-0.4, -0.2) is 49.0 Å². The van der Waals surface area contributed by atoms with Gasteiger partial charge in [-0.1, -0.05) is 25.1 Å². The maximum atomic E-state index is 12.6. The second kappa shape index (κ2) is 10.4. The van der Waals surface area contributed by atoms with Gasteiger partial charge in [-0.15, -0.1) is 0 Å². The molecule has 0 aliphatic heterocycles. The number of aromatic amines is 1. The van der Waals surface area contributed by atoms with E-state index in [2.05, 4.69) is 20.8 Å². The normalized spacial score (nSPS) is 19.2. The zero-order valence-corrected chi connectivity index (χ0v) is 20.3. The molecule has 3 atom stereocenters. The van der Waals surface area contributed by atoms with Gasteiger partial charge in [0.1, 0.15) is 6.10 Å². The van der Waals surface area contributed by atoms with Crippen molar-refractivity contribution in [2.24, 2.45) is 0 Å². The first kappa shape index (κ1) is 24.8. The van der Waals surface area contributed by atoms with E-state index in [9.17, 15) is 18.0 Å². The van der Waals surface area contributed by atoms with Gasteiger partial charge in [0.2, 0.25) is 5.91 Å². The molecule has 0 radical (unpaired) electrons. The number of anilines is 1. The van der Waals surface area contributed by atoms with E-state index in [0.29, 0.717) is 23.4 Å². The van der Waals surface area contributed by atoms with Crippen molar-refractivity contribution in [1.29, 1.82) is 0 Å². The summed E-state index contributed by atoms with van der Waals surface area (Å²) >= 11 is 0. The lowest BCUT2D eigenvalue weighted by molar-refractivity contribution is -0.115. The van der Waals surface area contributed by atoms with Crippen LogP contribution in [0.25, 0.3) is 0 Å². The van der Waals surface area contributed by atoms with E-state index in [1.165, 1.54) is 0 Å². The number of carbonyl (C=O) groups is 2. The summed E-state index contributed by atoms with van der Waals surface area (Å²) in [7, 11) is -3.45. The van der Waals surface area contributed by atoms with Gasteiger partial charge in [0.15, 0.2) is 15.7 Å². The van der Waals surface area contributed by atoms with Crippen molar-refractivity contribution in [3.63, 3.8) is 0 Å². The van der Waals surface area contributed by atoms with E-state index in [0.717, 1.165) is 31.2 Å². The van der Waals surface area contributed by atoms with E-state index in [1.807, 2.05) is 13.8 Å². The van der Waals surface area contributed by atoms with E-state index in [1.54, 1.807) is 31.2 Å². The Hall–Kier alpha value is -2.88. The summed E-state index contributed by atoms with van der Waals surface area (Å²) in [4.78, 5) is 24.7. The summed E-state index contributed by atoms with van der Waals surface area (Å²) in [5.74, 6) is 0.179. The number of benzene rings is 1. The van der Waals surface area contributed by atoms with Gasteiger partial charge in [0.25, 0.3) is 0 Å². The van der Waals surface area contributed by atoms with Crippen molar-refractivity contribution < 1.29 is 22.7 Å². The Bertz CT molecular complexity index is 1110. The fourth-order valence-electron chi connectivity index (χ4n) is 4.17. The lowest BCUT2D eigenvalue weighted by atomic mass is 10.0. The Balaban J connectivity index is 1.57. The van der Waals surface area contributed by atoms with Crippen LogP contribution in [0, 0.1) is 6.92 Å². The molecule has 0 spiro atoms. The van der Waals surface area contributed by atoms with Gasteiger partial charge >= 0.3 is 6.09 Å². The summed E-state index contributed by atoms with van der Waals surface area (Å²) in [5, 5.41) is 12.7. The highest BCUT2D eigenvalue weighted by Crippen LogP contribution is 2.35. The molecular weight excluding hydrogens is 444 g/mol. The quantitative estimate of drug-likeness (QED) is 0.535. The molecule has 10 heteroatoms. The molecule has 2 aromatic rings. The number of ether oxygens (including phenoxy) is 1. The second-order valence-electron chi connectivity index (χ2n) is 8.76. The van der Waals surface area contributed by atoms with Crippen LogP contribution in [0.1, 0.15) is 62.3 Å². The monoisotopic (exact) mass is 476 g/mol. The first-order valence-electron chi connectivity index (χ1n) is 11.2. The van der Waals surface area contributed by atoms with Crippen molar-refractivity contribution in [2.45, 2.75) is 75.8 Å². The molecule has 1 saturated carbocycles. The fraction of sp³-hybridized carbons (Fsp3) is 0.522. The maximum absolute atomic E-state index is 12.6. The predicted molar refractivity (Wildman–Crippen MR) is 125 cm³/mol. The minimum atomic E-state index is -3.45. The van der Waals surface area contributed by atoms with Gasteiger partial charge in [-0.3, -0.25) is 9.89 Å². The fourth-order valence-corrected chi connectivity index (χ4v) is 5.44. The SMILES string of the molecule is CC[C@H](C)NC(=O)O[C@@H]1CC[C@H](c2cc(NC(=O)Cc3cccc(C)c3S(C)(=O)=O)n[nH]2)C1. The smallest absolute Gasteiger partial charge is 0.407 e. The van der Waals surface area contributed by atoms with Gasteiger partial charge in [0, 0.05) is 30.0 Å². The molecule has 1 aliphatic rings. The van der Waals surface area contributed by atoms with Crippen molar-refractivity contribution in [1.82, 2.24) is 15.5 Å². The van der Waals surface area contributed by atoms with E-state index >= 15 is 0 Å². The zero-order valence-electron chi connectivity index (χ0n) is 19.5. The third-order valence-corrected chi connectivity index (χ3v) is 7.28. The van der Waals surface area contributed by atoms with Crippen molar-refractivity contribution in [3.05, 3.63) is 41.1 Å². The molecule has 3 rings (SSSR count). The molecule has 1 fully saturated rings. The third kappa shape index (κ3) is 6.56. The Morgan fingerprint density at radius 1 is 1.30 bits per heavy atom. The molecular formula is C23H32N4O5S. The highest BCUT2D eigenvalue weighted by atomic mass is 32.2. The van der Waals surface area contributed by atoms with Crippen LogP contribution in [0.2, 0.25) is 0 Å². The molecule has 1 heterocycles. The number of aromatic nitrogens is 2. The van der Waals surface area contributed by atoms with Crippen LogP contribution in [0.5, 0.6) is 0 Å². The van der Waals surface area contributed by atoms with Crippen molar-refractivity contribution >= 4 is 27.7 Å². The van der Waals surface area contributed by atoms with Crippen LogP contribution in [0.4, 0.5) is 10.6 Å². The summed E-state index contributed by atoms with van der Waals surface area (Å²) in [5.41, 5.74) is 1.93. The van der Waals surface area contributed by atoms with Gasteiger partial charge in [-0.05, 0) is 50.7 Å². The lowest BCUT2D eigenvalue weighted by Crippen LogP contribution is -2.34. The number of nitrogens with zero attached hydrogens (tertiary/aromatic N) is 1. The number of sulfone groups is 1. The van der Waals surface area contributed by atoms with Gasteiger partial charge in [-0.2, -0.15) is 5.10 Å². The molecule has 3 N–H and O–H groups in total. The molecule has 1 aromatic carbocycles. The summed E-state index contributed by atoms with van der Waals surface area (Å²) in [6.07, 6.45) is 3.65. The van der Waals surface area contributed by atoms with Crippen molar-refractivity contribution in [2.75, 3.05) is 11.6 Å². The Morgan fingerprint density at radius 2 is 2.06 bits per heavy atom. The number of carbonyl (C=O) groups excluding carboxylic acids is 2. The highest BCUT2D eigenvalue weighted by Gasteiger charge is 2.30. The standard InChI is InChI=1S/C23H32N4O5S/c1-5-15(3)24-23(29)32-18-10-9-16(11-18)19-13-20(27-26-19)25-21(28)12-17-8-6-7-14(2)22(17)33(4,30)31/h6-8,13,15-16,18H,5,9-12H2,1-4H3,(H,24,29)(H2,25,26,27,28)/t15-,16-,18+/m0/s1. The third-order valence-electron chi connectivity index (χ3n) is 5.96. The van der Waals surface area contributed by atoms with Gasteiger partial charge in [0.05, 0.1) is 11.3 Å². The topological polar surface area (TPSA) is 130 Å². The van der Waals surface area contributed by atoms with Crippen LogP contribution < -0.4 is 10.6 Å². The minimum Gasteiger partial charge on any atom is -0.446 e. The number of rotatable bonds is 8. The van der Waals surface area contributed by atoms with Gasteiger partial charge in [-0.25, -0.2) is 13.2 Å². The molecule has 0 unspecified atom stereocenters. The molecule has 33 heavy (non-hydrogen) atoms. The van der Waals surface area contributed by atoms with Gasteiger partial charge < -0.3 is 15.4 Å².